The fourth-order valence-electron chi connectivity index (χ4n) is 1.74. The quantitative estimate of drug-likeness (QED) is 0.681. The van der Waals surface area contributed by atoms with E-state index in [9.17, 15) is 0 Å². The minimum absolute atomic E-state index is 1.12. The number of rotatable bonds is 1. The van der Waals surface area contributed by atoms with Gasteiger partial charge in [-0.15, -0.1) is 0 Å². The van der Waals surface area contributed by atoms with Crippen LogP contribution in [0.2, 0.25) is 0 Å². The second-order valence-corrected chi connectivity index (χ2v) is 4.07. The maximum Gasteiger partial charge on any atom is 0.0236 e. The molecule has 0 nitrogen and oxygen atoms in total. The first-order valence-corrected chi connectivity index (χ1v) is 5.12. The molecule has 1 aromatic rings. The van der Waals surface area contributed by atoms with Gasteiger partial charge in [0.15, 0.2) is 0 Å². The first-order valence-electron chi connectivity index (χ1n) is 4.33. The molecule has 0 saturated carbocycles. The first kappa shape index (κ1) is 9.79. The lowest BCUT2D eigenvalue weighted by atomic mass is 9.98. The molecule has 0 bridgehead atoms. The molecule has 0 aliphatic carbocycles. The highest BCUT2D eigenvalue weighted by Gasteiger charge is 2.06. The summed E-state index contributed by atoms with van der Waals surface area (Å²) in [6, 6.07) is 2.25. The highest BCUT2D eigenvalue weighted by molar-refractivity contribution is 9.10. The number of aryl methyl sites for hydroxylation is 2. The number of halogens is 1. The average molecular weight is 227 g/mol. The van der Waals surface area contributed by atoms with Gasteiger partial charge in [-0.1, -0.05) is 28.9 Å². The van der Waals surface area contributed by atoms with E-state index in [1.807, 2.05) is 0 Å². The molecule has 0 amide bonds. The topological polar surface area (TPSA) is 0 Å². The average Bonchev–Trinajstić information content (AvgIpc) is 2.01. The van der Waals surface area contributed by atoms with Gasteiger partial charge in [0.25, 0.3) is 0 Å². The second kappa shape index (κ2) is 3.61. The van der Waals surface area contributed by atoms with Gasteiger partial charge in [-0.05, 0) is 49.4 Å². The van der Waals surface area contributed by atoms with Crippen LogP contribution in [0.25, 0.3) is 0 Å². The molecule has 0 aliphatic heterocycles. The summed E-state index contributed by atoms with van der Waals surface area (Å²) in [7, 11) is 0. The normalized spacial score (nSPS) is 10.4. The molecular formula is C11H15Br. The molecule has 0 saturated heterocycles. The number of benzene rings is 1. The Morgan fingerprint density at radius 1 is 1.17 bits per heavy atom. The van der Waals surface area contributed by atoms with Crippen molar-refractivity contribution in [2.45, 2.75) is 34.1 Å². The number of hydrogen-bond donors (Lipinski definition) is 0. The summed E-state index contributed by atoms with van der Waals surface area (Å²) >= 11 is 3.60. The standard InChI is InChI=1S/C11H15Br/c1-5-10-7(2)6-8(3)11(12)9(10)4/h6H,5H2,1-4H3. The zero-order valence-corrected chi connectivity index (χ0v) is 9.75. The van der Waals surface area contributed by atoms with Crippen LogP contribution in [0.1, 0.15) is 29.2 Å². The third-order valence-corrected chi connectivity index (χ3v) is 3.61. The smallest absolute Gasteiger partial charge is 0.0236 e. The summed E-state index contributed by atoms with van der Waals surface area (Å²) in [6.45, 7) is 8.72. The SMILES string of the molecule is CCc1c(C)cc(C)c(Br)c1C. The van der Waals surface area contributed by atoms with Crippen molar-refractivity contribution < 1.29 is 0 Å². The molecule has 66 valence electrons. The molecule has 0 radical (unpaired) electrons. The predicted octanol–water partition coefficient (Wildman–Crippen LogP) is 3.94. The van der Waals surface area contributed by atoms with Crippen LogP contribution in [0.15, 0.2) is 10.5 Å². The van der Waals surface area contributed by atoms with E-state index in [-0.39, 0.29) is 0 Å². The molecular weight excluding hydrogens is 212 g/mol. The van der Waals surface area contributed by atoms with Gasteiger partial charge in [0.2, 0.25) is 0 Å². The van der Waals surface area contributed by atoms with Gasteiger partial charge in [-0.3, -0.25) is 0 Å². The zero-order chi connectivity index (χ0) is 9.30. The van der Waals surface area contributed by atoms with Crippen LogP contribution in [0.5, 0.6) is 0 Å². The Morgan fingerprint density at radius 3 is 2.25 bits per heavy atom. The van der Waals surface area contributed by atoms with Crippen LogP contribution in [0.4, 0.5) is 0 Å². The van der Waals surface area contributed by atoms with Crippen LogP contribution in [0.3, 0.4) is 0 Å². The van der Waals surface area contributed by atoms with Gasteiger partial charge >= 0.3 is 0 Å². The molecule has 0 aliphatic rings. The second-order valence-electron chi connectivity index (χ2n) is 3.28. The fraction of sp³-hybridized carbons (Fsp3) is 0.455. The molecule has 12 heavy (non-hydrogen) atoms. The summed E-state index contributed by atoms with van der Waals surface area (Å²) in [4.78, 5) is 0. The van der Waals surface area contributed by atoms with Gasteiger partial charge < -0.3 is 0 Å². The van der Waals surface area contributed by atoms with Gasteiger partial charge in [0.05, 0.1) is 0 Å². The Labute approximate surface area is 83.1 Å². The Bertz CT molecular complexity index is 300. The Kier molecular flexibility index (Phi) is 2.94. The molecule has 0 atom stereocenters. The Balaban J connectivity index is 3.40. The molecule has 1 rings (SSSR count). The van der Waals surface area contributed by atoms with Gasteiger partial charge in [-0.25, -0.2) is 0 Å². The van der Waals surface area contributed by atoms with E-state index in [0.717, 1.165) is 6.42 Å². The Morgan fingerprint density at radius 2 is 1.75 bits per heavy atom. The van der Waals surface area contributed by atoms with E-state index >= 15 is 0 Å². The van der Waals surface area contributed by atoms with E-state index in [4.69, 9.17) is 0 Å². The maximum atomic E-state index is 3.60. The lowest BCUT2D eigenvalue weighted by molar-refractivity contribution is 1.06. The third kappa shape index (κ3) is 1.56. The summed E-state index contributed by atoms with van der Waals surface area (Å²) in [6.07, 6.45) is 1.12. The van der Waals surface area contributed by atoms with Crippen molar-refractivity contribution in [1.29, 1.82) is 0 Å². The van der Waals surface area contributed by atoms with Crippen molar-refractivity contribution in [1.82, 2.24) is 0 Å². The van der Waals surface area contributed by atoms with E-state index in [1.165, 1.54) is 26.7 Å². The first-order chi connectivity index (χ1) is 5.57. The molecule has 0 heterocycles. The molecule has 0 fully saturated rings. The molecule has 1 aromatic carbocycles. The van der Waals surface area contributed by atoms with Crippen LogP contribution >= 0.6 is 15.9 Å². The predicted molar refractivity (Wildman–Crippen MR) is 57.7 cm³/mol. The fourth-order valence-corrected chi connectivity index (χ4v) is 2.10. The van der Waals surface area contributed by atoms with Gasteiger partial charge in [0.1, 0.15) is 0 Å². The monoisotopic (exact) mass is 226 g/mol. The highest BCUT2D eigenvalue weighted by Crippen LogP contribution is 2.26. The van der Waals surface area contributed by atoms with Crippen molar-refractivity contribution in [3.8, 4) is 0 Å². The van der Waals surface area contributed by atoms with Crippen LogP contribution in [-0.4, -0.2) is 0 Å². The van der Waals surface area contributed by atoms with Crippen molar-refractivity contribution in [3.63, 3.8) is 0 Å². The van der Waals surface area contributed by atoms with E-state index in [2.05, 4.69) is 49.7 Å². The zero-order valence-electron chi connectivity index (χ0n) is 8.16. The van der Waals surface area contributed by atoms with Gasteiger partial charge in [-0.2, -0.15) is 0 Å². The Hall–Kier alpha value is -0.300. The molecule has 0 N–H and O–H groups in total. The largest absolute Gasteiger partial charge is 0.0613 e. The highest BCUT2D eigenvalue weighted by atomic mass is 79.9. The summed E-state index contributed by atoms with van der Waals surface area (Å²) < 4.78 is 1.27. The maximum absolute atomic E-state index is 3.60. The summed E-state index contributed by atoms with van der Waals surface area (Å²) in [5.41, 5.74) is 5.63. The van der Waals surface area contributed by atoms with E-state index in [0.29, 0.717) is 0 Å². The van der Waals surface area contributed by atoms with Crippen LogP contribution in [0, 0.1) is 20.8 Å². The van der Waals surface area contributed by atoms with Crippen molar-refractivity contribution in [2.24, 2.45) is 0 Å². The molecule has 1 heteroatoms. The lowest BCUT2D eigenvalue weighted by Gasteiger charge is -2.11. The molecule has 0 spiro atoms. The van der Waals surface area contributed by atoms with Crippen molar-refractivity contribution >= 4 is 15.9 Å². The lowest BCUT2D eigenvalue weighted by Crippen LogP contribution is -1.94. The van der Waals surface area contributed by atoms with Crippen LogP contribution in [-0.2, 0) is 6.42 Å². The van der Waals surface area contributed by atoms with E-state index in [1.54, 1.807) is 0 Å². The minimum atomic E-state index is 1.12. The minimum Gasteiger partial charge on any atom is -0.0613 e. The molecule has 0 unspecified atom stereocenters. The summed E-state index contributed by atoms with van der Waals surface area (Å²) in [5, 5.41) is 0. The van der Waals surface area contributed by atoms with Gasteiger partial charge in [0, 0.05) is 4.47 Å². The van der Waals surface area contributed by atoms with Crippen molar-refractivity contribution in [2.75, 3.05) is 0 Å². The molecule has 0 aromatic heterocycles. The number of hydrogen-bond acceptors (Lipinski definition) is 0. The summed E-state index contributed by atoms with van der Waals surface area (Å²) in [5.74, 6) is 0. The third-order valence-electron chi connectivity index (χ3n) is 2.39. The van der Waals surface area contributed by atoms with Crippen molar-refractivity contribution in [3.05, 3.63) is 32.8 Å². The van der Waals surface area contributed by atoms with E-state index < -0.39 is 0 Å². The van der Waals surface area contributed by atoms with Crippen LogP contribution < -0.4 is 0 Å².